The zero-order valence-electron chi connectivity index (χ0n) is 8.52. The topological polar surface area (TPSA) is 80.2 Å². The lowest BCUT2D eigenvalue weighted by Gasteiger charge is -2.20. The first-order valence-electron chi connectivity index (χ1n) is 5.06. The van der Waals surface area contributed by atoms with Gasteiger partial charge < -0.3 is 10.6 Å². The molecule has 0 aliphatic heterocycles. The minimum Gasteiger partial charge on any atom is -0.412 e. The van der Waals surface area contributed by atoms with Gasteiger partial charge in [-0.1, -0.05) is 19.3 Å². The van der Waals surface area contributed by atoms with Crippen molar-refractivity contribution in [2.75, 3.05) is 0 Å². The van der Waals surface area contributed by atoms with E-state index >= 15 is 0 Å². The van der Waals surface area contributed by atoms with E-state index in [2.05, 4.69) is 10.2 Å². The molecule has 1 heterocycles. The molecule has 80 valence electrons. The van der Waals surface area contributed by atoms with E-state index in [-0.39, 0.29) is 11.0 Å². The molecule has 1 saturated carbocycles. The number of nitrogens with one attached hydrogen (secondary N) is 2. The van der Waals surface area contributed by atoms with Gasteiger partial charge in [-0.25, -0.2) is 0 Å². The van der Waals surface area contributed by atoms with Crippen LogP contribution in [0.3, 0.4) is 0 Å². The average Bonchev–Trinajstić information content (AvgIpc) is 2.49. The lowest BCUT2D eigenvalue weighted by molar-refractivity contribution is 0.435. The largest absolute Gasteiger partial charge is 0.412 e. The molecule has 0 radical (unpaired) electrons. The zero-order chi connectivity index (χ0) is 9.26. The molecule has 0 bridgehead atoms. The fourth-order valence-electron chi connectivity index (χ4n) is 2.23. The van der Waals surface area contributed by atoms with Crippen LogP contribution in [0.4, 0.5) is 0 Å². The van der Waals surface area contributed by atoms with Crippen LogP contribution in [0.2, 0.25) is 0 Å². The number of hydrogen-bond acceptors (Lipinski definition) is 1. The Morgan fingerprint density at radius 3 is 2.29 bits per heavy atom. The minimum atomic E-state index is 0. The summed E-state index contributed by atoms with van der Waals surface area (Å²) in [6.07, 6.45) is 6.42. The highest BCUT2D eigenvalue weighted by atomic mass is 16.1. The van der Waals surface area contributed by atoms with E-state index in [4.69, 9.17) is 0 Å². The Balaban J connectivity index is 0.000000980. The van der Waals surface area contributed by atoms with Crippen LogP contribution in [-0.4, -0.2) is 15.7 Å². The van der Waals surface area contributed by atoms with Crippen molar-refractivity contribution in [2.45, 2.75) is 44.9 Å². The molecule has 0 unspecified atom stereocenters. The molecule has 1 aliphatic rings. The fraction of sp³-hybridized carbons (Fsp3) is 0.700. The van der Waals surface area contributed by atoms with Gasteiger partial charge in [0.1, 0.15) is 0 Å². The Morgan fingerprint density at radius 1 is 1.14 bits per heavy atom. The monoisotopic (exact) mass is 198 g/mol. The van der Waals surface area contributed by atoms with Gasteiger partial charge >= 0.3 is 0 Å². The van der Waals surface area contributed by atoms with E-state index < -0.39 is 0 Å². The average molecular weight is 198 g/mol. The smallest absolute Gasteiger partial charge is 0.267 e. The molecule has 1 fully saturated rings. The van der Waals surface area contributed by atoms with Crippen LogP contribution in [0, 0.1) is 6.92 Å². The van der Waals surface area contributed by atoms with E-state index in [0.717, 1.165) is 11.3 Å². The Morgan fingerprint density at radius 2 is 1.79 bits per heavy atom. The lowest BCUT2D eigenvalue weighted by atomic mass is 9.86. The van der Waals surface area contributed by atoms with Gasteiger partial charge in [0.15, 0.2) is 0 Å². The summed E-state index contributed by atoms with van der Waals surface area (Å²) in [5.74, 6) is 0.590. The molecule has 0 spiro atoms. The molecule has 14 heavy (non-hydrogen) atoms. The Hall–Kier alpha value is -1.03. The maximum absolute atomic E-state index is 11.2. The quantitative estimate of drug-likeness (QED) is 0.699. The summed E-state index contributed by atoms with van der Waals surface area (Å²) in [5, 5.41) is 5.66. The molecule has 0 saturated heterocycles. The fourth-order valence-corrected chi connectivity index (χ4v) is 2.23. The van der Waals surface area contributed by atoms with Crippen LogP contribution in [0.15, 0.2) is 4.79 Å². The SMILES string of the molecule is Cc1c(C2CCCCC2)[nH][nH]c1=O.O. The van der Waals surface area contributed by atoms with Crippen LogP contribution >= 0.6 is 0 Å². The summed E-state index contributed by atoms with van der Waals surface area (Å²) in [4.78, 5) is 11.2. The minimum absolute atomic E-state index is 0. The molecule has 1 aromatic rings. The van der Waals surface area contributed by atoms with Crippen LogP contribution < -0.4 is 5.56 Å². The van der Waals surface area contributed by atoms with E-state index in [1.54, 1.807) is 0 Å². The predicted molar refractivity (Wildman–Crippen MR) is 55.6 cm³/mol. The van der Waals surface area contributed by atoms with E-state index in [9.17, 15) is 4.79 Å². The van der Waals surface area contributed by atoms with Gasteiger partial charge in [-0.05, 0) is 19.8 Å². The van der Waals surface area contributed by atoms with E-state index in [1.807, 2.05) is 6.92 Å². The third kappa shape index (κ3) is 1.90. The highest BCUT2D eigenvalue weighted by Crippen LogP contribution is 2.31. The maximum Gasteiger partial charge on any atom is 0.267 e. The van der Waals surface area contributed by atoms with Gasteiger partial charge in [-0.15, -0.1) is 0 Å². The third-order valence-electron chi connectivity index (χ3n) is 3.07. The normalized spacial score (nSPS) is 17.8. The van der Waals surface area contributed by atoms with Crippen LogP contribution in [0.5, 0.6) is 0 Å². The highest BCUT2D eigenvalue weighted by Gasteiger charge is 2.19. The van der Waals surface area contributed by atoms with Crippen molar-refractivity contribution in [3.8, 4) is 0 Å². The second kappa shape index (κ2) is 4.46. The second-order valence-corrected chi connectivity index (χ2v) is 3.95. The number of aromatic nitrogens is 2. The van der Waals surface area contributed by atoms with Gasteiger partial charge in [0, 0.05) is 17.2 Å². The van der Waals surface area contributed by atoms with Crippen LogP contribution in [0.25, 0.3) is 0 Å². The summed E-state index contributed by atoms with van der Waals surface area (Å²) in [5.41, 5.74) is 2.07. The molecule has 4 heteroatoms. The van der Waals surface area contributed by atoms with Gasteiger partial charge in [0.05, 0.1) is 0 Å². The Bertz CT molecular complexity index is 334. The van der Waals surface area contributed by atoms with Crippen molar-refractivity contribution in [3.05, 3.63) is 21.6 Å². The van der Waals surface area contributed by atoms with Crippen molar-refractivity contribution in [1.29, 1.82) is 0 Å². The lowest BCUT2D eigenvalue weighted by Crippen LogP contribution is -2.08. The summed E-state index contributed by atoms with van der Waals surface area (Å²) >= 11 is 0. The summed E-state index contributed by atoms with van der Waals surface area (Å²) in [6.45, 7) is 1.90. The molecule has 4 nitrogen and oxygen atoms in total. The van der Waals surface area contributed by atoms with E-state index in [1.165, 1.54) is 32.1 Å². The Kier molecular flexibility index (Phi) is 3.52. The molecule has 1 aromatic heterocycles. The molecule has 2 rings (SSSR count). The van der Waals surface area contributed by atoms with Gasteiger partial charge in [0.25, 0.3) is 5.56 Å². The van der Waals surface area contributed by atoms with Crippen molar-refractivity contribution < 1.29 is 5.48 Å². The summed E-state index contributed by atoms with van der Waals surface area (Å²) < 4.78 is 0. The molecule has 0 amide bonds. The van der Waals surface area contributed by atoms with Crippen molar-refractivity contribution in [3.63, 3.8) is 0 Å². The van der Waals surface area contributed by atoms with Crippen molar-refractivity contribution >= 4 is 0 Å². The van der Waals surface area contributed by atoms with E-state index in [0.29, 0.717) is 5.92 Å². The summed E-state index contributed by atoms with van der Waals surface area (Å²) in [6, 6.07) is 0. The van der Waals surface area contributed by atoms with Gasteiger partial charge in [-0.3, -0.25) is 9.89 Å². The van der Waals surface area contributed by atoms with Crippen molar-refractivity contribution in [2.24, 2.45) is 0 Å². The second-order valence-electron chi connectivity index (χ2n) is 3.95. The first-order valence-corrected chi connectivity index (χ1v) is 5.06. The number of rotatable bonds is 1. The van der Waals surface area contributed by atoms with Crippen LogP contribution in [-0.2, 0) is 0 Å². The first kappa shape index (κ1) is 11.0. The third-order valence-corrected chi connectivity index (χ3v) is 3.07. The maximum atomic E-state index is 11.2. The van der Waals surface area contributed by atoms with Gasteiger partial charge in [-0.2, -0.15) is 0 Å². The number of H-pyrrole nitrogens is 2. The molecule has 0 aromatic carbocycles. The predicted octanol–water partition coefficient (Wildman–Crippen LogP) is 1.23. The van der Waals surface area contributed by atoms with Crippen LogP contribution in [0.1, 0.15) is 49.3 Å². The molecule has 0 atom stereocenters. The van der Waals surface area contributed by atoms with Crippen molar-refractivity contribution in [1.82, 2.24) is 10.2 Å². The molecular formula is C10H18N2O2. The highest BCUT2D eigenvalue weighted by molar-refractivity contribution is 5.19. The summed E-state index contributed by atoms with van der Waals surface area (Å²) in [7, 11) is 0. The molecule has 1 aliphatic carbocycles. The number of hydrogen-bond donors (Lipinski definition) is 2. The number of aromatic amines is 2. The molecule has 4 N–H and O–H groups in total. The first-order chi connectivity index (χ1) is 6.29. The Labute approximate surface area is 83.0 Å². The van der Waals surface area contributed by atoms with Gasteiger partial charge in [0.2, 0.25) is 0 Å². The standard InChI is InChI=1S/C10H16N2O.H2O/c1-7-9(11-12-10(7)13)8-5-3-2-4-6-8;/h8H,2-6H2,1H3,(H2,11,12,13);1H2. The zero-order valence-corrected chi connectivity index (χ0v) is 8.52. The molecular weight excluding hydrogens is 180 g/mol.